The fourth-order valence-electron chi connectivity index (χ4n) is 2.22. The van der Waals surface area contributed by atoms with Crippen molar-refractivity contribution in [3.63, 3.8) is 0 Å². The molecule has 102 valence electrons. The summed E-state index contributed by atoms with van der Waals surface area (Å²) in [4.78, 5) is 11.1. The topological polar surface area (TPSA) is 29.1 Å². The van der Waals surface area contributed by atoms with Crippen LogP contribution < -0.4 is 5.32 Å². The Morgan fingerprint density at radius 2 is 1.95 bits per heavy atom. The van der Waals surface area contributed by atoms with Gasteiger partial charge in [-0.2, -0.15) is 13.2 Å². The fraction of sp³-hybridized carbons (Fsp3) is 0.357. The Morgan fingerprint density at radius 1 is 1.32 bits per heavy atom. The normalized spacial score (nSPS) is 19.7. The van der Waals surface area contributed by atoms with E-state index in [-0.39, 0.29) is 11.2 Å². The van der Waals surface area contributed by atoms with E-state index in [2.05, 4.69) is 5.32 Å². The predicted molar refractivity (Wildman–Crippen MR) is 66.4 cm³/mol. The molecule has 1 aromatic rings. The largest absolute Gasteiger partial charge is 0.454 e. The number of ketones is 1. The summed E-state index contributed by atoms with van der Waals surface area (Å²) in [6, 6.07) is 7.16. The lowest BCUT2D eigenvalue weighted by Crippen LogP contribution is -2.44. The minimum Gasteiger partial charge on any atom is -0.379 e. The van der Waals surface area contributed by atoms with E-state index in [0.717, 1.165) is 5.56 Å². The summed E-state index contributed by atoms with van der Waals surface area (Å²) >= 11 is 0. The van der Waals surface area contributed by atoms with Gasteiger partial charge in [0.05, 0.1) is 0 Å². The Morgan fingerprint density at radius 3 is 2.58 bits per heavy atom. The van der Waals surface area contributed by atoms with Crippen molar-refractivity contribution < 1.29 is 18.0 Å². The zero-order chi connectivity index (χ0) is 14.3. The highest BCUT2D eigenvalue weighted by atomic mass is 19.4. The number of rotatable bonds is 1. The molecule has 1 aliphatic heterocycles. The minimum absolute atomic E-state index is 0.231. The van der Waals surface area contributed by atoms with Crippen molar-refractivity contribution >= 4 is 11.5 Å². The fourth-order valence-corrected chi connectivity index (χ4v) is 2.22. The van der Waals surface area contributed by atoms with Gasteiger partial charge in [0.15, 0.2) is 0 Å². The molecule has 0 saturated carbocycles. The van der Waals surface area contributed by atoms with Crippen LogP contribution >= 0.6 is 0 Å². The molecule has 1 aromatic carbocycles. The lowest BCUT2D eigenvalue weighted by atomic mass is 9.85. The van der Waals surface area contributed by atoms with E-state index in [4.69, 9.17) is 0 Å². The molecular weight excluding hydrogens is 255 g/mol. The zero-order valence-electron chi connectivity index (χ0n) is 10.6. The molecule has 0 radical (unpaired) electrons. The second-order valence-corrected chi connectivity index (χ2v) is 5.26. The Kier molecular flexibility index (Phi) is 3.16. The molecule has 1 N–H and O–H groups in total. The highest BCUT2D eigenvalue weighted by Crippen LogP contribution is 2.30. The summed E-state index contributed by atoms with van der Waals surface area (Å²) in [5.41, 5.74) is 1.44. The minimum atomic E-state index is -4.84. The van der Waals surface area contributed by atoms with E-state index in [1.54, 1.807) is 12.1 Å². The van der Waals surface area contributed by atoms with Gasteiger partial charge in [0.25, 0.3) is 5.78 Å². The van der Waals surface area contributed by atoms with Gasteiger partial charge in [0, 0.05) is 22.9 Å². The van der Waals surface area contributed by atoms with Crippen LogP contribution in [0.3, 0.4) is 0 Å². The molecule has 0 aliphatic carbocycles. The number of hydrogen-bond donors (Lipinski definition) is 1. The molecule has 0 spiro atoms. The molecule has 2 nitrogen and oxygen atoms in total. The first kappa shape index (κ1) is 13.6. The Balaban J connectivity index is 2.46. The number of benzene rings is 1. The average molecular weight is 269 g/mol. The van der Waals surface area contributed by atoms with E-state index >= 15 is 0 Å². The maximum atomic E-state index is 12.4. The van der Waals surface area contributed by atoms with Crippen molar-refractivity contribution in [2.24, 2.45) is 0 Å². The molecule has 1 heterocycles. The van der Waals surface area contributed by atoms with E-state index in [0.29, 0.717) is 18.1 Å². The van der Waals surface area contributed by atoms with E-state index in [9.17, 15) is 18.0 Å². The summed E-state index contributed by atoms with van der Waals surface area (Å²) in [5.74, 6) is -1.84. The van der Waals surface area contributed by atoms with Gasteiger partial charge in [-0.3, -0.25) is 4.79 Å². The Labute approximate surface area is 109 Å². The van der Waals surface area contributed by atoms with Crippen LogP contribution in [0.4, 0.5) is 13.2 Å². The monoisotopic (exact) mass is 269 g/mol. The molecule has 0 amide bonds. The molecule has 0 fully saturated rings. The Hall–Kier alpha value is -1.78. The summed E-state index contributed by atoms with van der Waals surface area (Å²) in [7, 11) is 0. The lowest BCUT2D eigenvalue weighted by Gasteiger charge is -2.35. The molecule has 0 bridgehead atoms. The van der Waals surface area contributed by atoms with Gasteiger partial charge in [-0.25, -0.2) is 0 Å². The van der Waals surface area contributed by atoms with Crippen molar-refractivity contribution in [3.05, 3.63) is 41.5 Å². The number of carbonyl (C=O) groups is 1. The summed E-state index contributed by atoms with van der Waals surface area (Å²) in [6.07, 6.45) is -3.51. The van der Waals surface area contributed by atoms with Gasteiger partial charge >= 0.3 is 6.18 Å². The van der Waals surface area contributed by atoms with Gasteiger partial charge < -0.3 is 5.32 Å². The van der Waals surface area contributed by atoms with Crippen molar-refractivity contribution in [1.29, 1.82) is 0 Å². The van der Waals surface area contributed by atoms with Crippen LogP contribution in [0, 0.1) is 0 Å². The van der Waals surface area contributed by atoms with Crippen LogP contribution in [0.25, 0.3) is 5.70 Å². The number of allylic oxidation sites excluding steroid dienone is 1. The number of carbonyl (C=O) groups excluding carboxylic acids is 1. The third-order valence-electron chi connectivity index (χ3n) is 2.97. The standard InChI is InChI=1S/C14H14F3NO/c1-13(2)8-9-5-3-4-6-10(9)11(18-13)7-12(19)14(15,16)17/h3-7,18H,8H2,1-2H3/b11-7-. The smallest absolute Gasteiger partial charge is 0.379 e. The van der Waals surface area contributed by atoms with Crippen LogP contribution in [0.2, 0.25) is 0 Å². The zero-order valence-corrected chi connectivity index (χ0v) is 10.6. The predicted octanol–water partition coefficient (Wildman–Crippen LogP) is 3.08. The van der Waals surface area contributed by atoms with E-state index < -0.39 is 12.0 Å². The quantitative estimate of drug-likeness (QED) is 0.794. The highest BCUT2D eigenvalue weighted by Gasteiger charge is 2.38. The van der Waals surface area contributed by atoms with E-state index in [1.165, 1.54) is 0 Å². The first-order valence-electron chi connectivity index (χ1n) is 5.88. The lowest BCUT2D eigenvalue weighted by molar-refractivity contribution is -0.165. The summed E-state index contributed by atoms with van der Waals surface area (Å²) in [6.45, 7) is 3.77. The first-order chi connectivity index (χ1) is 8.69. The summed E-state index contributed by atoms with van der Waals surface area (Å²) in [5, 5.41) is 2.99. The number of alkyl halides is 3. The molecule has 0 atom stereocenters. The van der Waals surface area contributed by atoms with Crippen molar-refractivity contribution in [3.8, 4) is 0 Å². The molecule has 0 saturated heterocycles. The van der Waals surface area contributed by atoms with Gasteiger partial charge in [-0.05, 0) is 25.8 Å². The van der Waals surface area contributed by atoms with Crippen LogP contribution in [0.15, 0.2) is 30.3 Å². The second-order valence-electron chi connectivity index (χ2n) is 5.26. The molecular formula is C14H14F3NO. The van der Waals surface area contributed by atoms with Crippen LogP contribution in [-0.2, 0) is 11.2 Å². The van der Waals surface area contributed by atoms with Gasteiger partial charge in [-0.15, -0.1) is 0 Å². The van der Waals surface area contributed by atoms with Crippen LogP contribution in [-0.4, -0.2) is 17.5 Å². The van der Waals surface area contributed by atoms with E-state index in [1.807, 2.05) is 26.0 Å². The van der Waals surface area contributed by atoms with Crippen molar-refractivity contribution in [2.45, 2.75) is 32.0 Å². The van der Waals surface area contributed by atoms with Crippen molar-refractivity contribution in [1.82, 2.24) is 5.32 Å². The molecule has 5 heteroatoms. The number of hydrogen-bond acceptors (Lipinski definition) is 2. The molecule has 2 rings (SSSR count). The number of fused-ring (bicyclic) bond motifs is 1. The average Bonchev–Trinajstić information content (AvgIpc) is 2.26. The van der Waals surface area contributed by atoms with Crippen LogP contribution in [0.1, 0.15) is 25.0 Å². The van der Waals surface area contributed by atoms with Gasteiger partial charge in [-0.1, -0.05) is 24.3 Å². The maximum absolute atomic E-state index is 12.4. The number of nitrogens with one attached hydrogen (secondary N) is 1. The molecule has 19 heavy (non-hydrogen) atoms. The van der Waals surface area contributed by atoms with Crippen molar-refractivity contribution in [2.75, 3.05) is 0 Å². The third-order valence-corrected chi connectivity index (χ3v) is 2.97. The Bertz CT molecular complexity index is 544. The summed E-state index contributed by atoms with van der Waals surface area (Å²) < 4.78 is 37.1. The molecule has 0 aromatic heterocycles. The molecule has 0 unspecified atom stereocenters. The SMILES string of the molecule is CC1(C)Cc2ccccc2/C(=C/C(=O)C(F)(F)F)N1. The van der Waals surface area contributed by atoms with Gasteiger partial charge in [0.1, 0.15) is 0 Å². The molecule has 1 aliphatic rings. The first-order valence-corrected chi connectivity index (χ1v) is 5.88. The van der Waals surface area contributed by atoms with Crippen LogP contribution in [0.5, 0.6) is 0 Å². The highest BCUT2D eigenvalue weighted by molar-refractivity contribution is 6.00. The third kappa shape index (κ3) is 2.97. The maximum Gasteiger partial charge on any atom is 0.454 e. The van der Waals surface area contributed by atoms with Gasteiger partial charge in [0.2, 0.25) is 0 Å². The second kappa shape index (κ2) is 4.40. The number of halogens is 3.